The van der Waals surface area contributed by atoms with Crippen molar-refractivity contribution in [3.63, 3.8) is 0 Å². The number of aliphatic imine (C=N–C) groups is 1. The molecule has 2 heterocycles. The Morgan fingerprint density at radius 2 is 2.15 bits per heavy atom. The van der Waals surface area contributed by atoms with Gasteiger partial charge in [-0.2, -0.15) is 23.4 Å². The zero-order chi connectivity index (χ0) is 14.5. The van der Waals surface area contributed by atoms with Crippen molar-refractivity contribution >= 4 is 5.71 Å². The number of rotatable bonds is 2. The molecule has 3 rings (SSSR count). The predicted octanol–water partition coefficient (Wildman–Crippen LogP) is 2.58. The van der Waals surface area contributed by atoms with E-state index in [4.69, 9.17) is 5.26 Å². The molecule has 1 atom stereocenters. The number of hydrogen-bond acceptors (Lipinski definition) is 4. The summed E-state index contributed by atoms with van der Waals surface area (Å²) in [7, 11) is 0. The molecule has 3 aliphatic rings. The lowest BCUT2D eigenvalue weighted by atomic mass is 10.1. The minimum absolute atomic E-state index is 0.170. The van der Waals surface area contributed by atoms with Gasteiger partial charge in [0.2, 0.25) is 0 Å². The number of hydrazine groups is 1. The average Bonchev–Trinajstić information content (AvgIpc) is 3.08. The van der Waals surface area contributed by atoms with Gasteiger partial charge in [0.25, 0.3) is 0 Å². The molecule has 0 bridgehead atoms. The highest BCUT2D eigenvalue weighted by Crippen LogP contribution is 2.45. The van der Waals surface area contributed by atoms with Crippen LogP contribution in [0.4, 0.5) is 13.2 Å². The third-order valence-corrected chi connectivity index (χ3v) is 3.69. The summed E-state index contributed by atoms with van der Waals surface area (Å²) in [6.07, 6.45) is 0.105. The zero-order valence-corrected chi connectivity index (χ0v) is 10.9. The number of nitrogens with zero attached hydrogens (tertiary/aromatic N) is 4. The number of allylic oxidation sites excluding steroid dienone is 2. The molecule has 2 aliphatic heterocycles. The smallest absolute Gasteiger partial charge is 0.261 e. The molecule has 0 aromatic carbocycles. The fourth-order valence-corrected chi connectivity index (χ4v) is 2.75. The Bertz CT molecular complexity index is 563. The second-order valence-corrected chi connectivity index (χ2v) is 5.21. The van der Waals surface area contributed by atoms with Crippen LogP contribution in [-0.4, -0.2) is 34.5 Å². The first kappa shape index (κ1) is 13.2. The monoisotopic (exact) mass is 282 g/mol. The van der Waals surface area contributed by atoms with E-state index >= 15 is 0 Å². The molecular formula is C13H13F3N4. The molecule has 0 unspecified atom stereocenters. The summed E-state index contributed by atoms with van der Waals surface area (Å²) >= 11 is 0. The summed E-state index contributed by atoms with van der Waals surface area (Å²) in [6.45, 7) is 1.86. The minimum Gasteiger partial charge on any atom is -0.261 e. The number of hydrogen-bond donors (Lipinski definition) is 0. The summed E-state index contributed by atoms with van der Waals surface area (Å²) in [4.78, 5) is 4.06. The van der Waals surface area contributed by atoms with E-state index in [2.05, 4.69) is 4.99 Å². The highest BCUT2D eigenvalue weighted by molar-refractivity contribution is 6.08. The maximum atomic E-state index is 13.3. The van der Waals surface area contributed by atoms with E-state index in [0.29, 0.717) is 24.4 Å². The quantitative estimate of drug-likeness (QED) is 0.781. The van der Waals surface area contributed by atoms with E-state index in [1.54, 1.807) is 13.0 Å². The Morgan fingerprint density at radius 1 is 1.45 bits per heavy atom. The van der Waals surface area contributed by atoms with E-state index in [9.17, 15) is 13.2 Å². The lowest BCUT2D eigenvalue weighted by Crippen LogP contribution is -2.52. The number of fused-ring (bicyclic) bond motifs is 1. The van der Waals surface area contributed by atoms with Crippen molar-refractivity contribution in [3.8, 4) is 6.07 Å². The summed E-state index contributed by atoms with van der Waals surface area (Å²) in [5.74, 6) is 0.0772. The van der Waals surface area contributed by atoms with E-state index in [-0.39, 0.29) is 18.2 Å². The van der Waals surface area contributed by atoms with Crippen LogP contribution < -0.4 is 0 Å². The van der Waals surface area contributed by atoms with Crippen LogP contribution in [-0.2, 0) is 0 Å². The van der Waals surface area contributed by atoms with Crippen molar-refractivity contribution < 1.29 is 13.2 Å². The summed E-state index contributed by atoms with van der Waals surface area (Å²) in [5, 5.41) is 11.7. The third-order valence-electron chi connectivity index (χ3n) is 3.69. The lowest BCUT2D eigenvalue weighted by molar-refractivity contribution is -0.212. The molecule has 0 N–H and O–H groups in total. The first-order valence-corrected chi connectivity index (χ1v) is 6.42. The average molecular weight is 282 g/mol. The van der Waals surface area contributed by atoms with E-state index in [1.807, 2.05) is 6.07 Å². The van der Waals surface area contributed by atoms with Gasteiger partial charge in [-0.1, -0.05) is 0 Å². The van der Waals surface area contributed by atoms with Crippen molar-refractivity contribution in [1.82, 2.24) is 10.0 Å². The topological polar surface area (TPSA) is 42.6 Å². The van der Waals surface area contributed by atoms with Gasteiger partial charge in [-0.25, -0.2) is 4.99 Å². The molecule has 20 heavy (non-hydrogen) atoms. The molecule has 7 heteroatoms. The molecule has 0 spiro atoms. The van der Waals surface area contributed by atoms with Gasteiger partial charge < -0.3 is 0 Å². The molecule has 0 aromatic heterocycles. The van der Waals surface area contributed by atoms with Crippen LogP contribution in [0.3, 0.4) is 0 Å². The van der Waals surface area contributed by atoms with Crippen molar-refractivity contribution in [2.45, 2.75) is 32.0 Å². The SMILES string of the molecule is CC1=CC(C#N)=NC2=CCN([C@@H](C3CC3)C(F)(F)F)N12. The Labute approximate surface area is 114 Å². The fourth-order valence-electron chi connectivity index (χ4n) is 2.75. The van der Waals surface area contributed by atoms with Crippen molar-refractivity contribution in [1.29, 1.82) is 5.26 Å². The Morgan fingerprint density at radius 3 is 2.70 bits per heavy atom. The highest BCUT2D eigenvalue weighted by atomic mass is 19.4. The van der Waals surface area contributed by atoms with Gasteiger partial charge in [-0.3, -0.25) is 5.01 Å². The summed E-state index contributed by atoms with van der Waals surface area (Å²) in [5.41, 5.74) is 0.817. The van der Waals surface area contributed by atoms with Gasteiger partial charge in [0, 0.05) is 12.2 Å². The molecule has 0 saturated heterocycles. The molecular weight excluding hydrogens is 269 g/mol. The van der Waals surface area contributed by atoms with Crippen LogP contribution in [0, 0.1) is 17.2 Å². The predicted molar refractivity (Wildman–Crippen MR) is 66.0 cm³/mol. The van der Waals surface area contributed by atoms with Gasteiger partial charge >= 0.3 is 6.18 Å². The van der Waals surface area contributed by atoms with Crippen LogP contribution >= 0.6 is 0 Å². The number of halogens is 3. The van der Waals surface area contributed by atoms with Crippen LogP contribution in [0.25, 0.3) is 0 Å². The van der Waals surface area contributed by atoms with Crippen molar-refractivity contribution in [2.75, 3.05) is 6.54 Å². The second-order valence-electron chi connectivity index (χ2n) is 5.21. The lowest BCUT2D eigenvalue weighted by Gasteiger charge is -2.39. The van der Waals surface area contributed by atoms with Crippen LogP contribution in [0.1, 0.15) is 19.8 Å². The fraction of sp³-hybridized carbons (Fsp3) is 0.538. The molecule has 1 saturated carbocycles. The highest BCUT2D eigenvalue weighted by Gasteiger charge is 2.54. The van der Waals surface area contributed by atoms with Gasteiger partial charge in [0.1, 0.15) is 23.6 Å². The largest absolute Gasteiger partial charge is 0.406 e. The number of alkyl halides is 3. The summed E-state index contributed by atoms with van der Waals surface area (Å²) < 4.78 is 39.9. The maximum Gasteiger partial charge on any atom is 0.406 e. The molecule has 106 valence electrons. The number of nitriles is 1. The van der Waals surface area contributed by atoms with Crippen molar-refractivity contribution in [2.24, 2.45) is 10.9 Å². The van der Waals surface area contributed by atoms with Gasteiger partial charge in [-0.15, -0.1) is 0 Å². The first-order chi connectivity index (χ1) is 9.41. The Kier molecular flexibility index (Phi) is 2.87. The standard InChI is InChI=1S/C13H13F3N4/c1-8-6-10(7-17)18-11-4-5-19(20(8)11)12(9-2-3-9)13(14,15)16/h4,6,9,12H,2-3,5H2,1H3/t12-/m0/s1. The Balaban J connectivity index is 1.91. The van der Waals surface area contributed by atoms with Crippen molar-refractivity contribution in [3.05, 3.63) is 23.7 Å². The molecule has 0 amide bonds. The minimum atomic E-state index is -4.26. The van der Waals surface area contributed by atoms with Crippen LogP contribution in [0.5, 0.6) is 0 Å². The molecule has 1 fully saturated rings. The summed E-state index contributed by atoms with van der Waals surface area (Å²) in [6, 6.07) is 0.448. The normalized spacial score (nSPS) is 24.6. The molecule has 1 aliphatic carbocycles. The second kappa shape index (κ2) is 4.35. The molecule has 0 aromatic rings. The maximum absolute atomic E-state index is 13.3. The van der Waals surface area contributed by atoms with E-state index in [1.165, 1.54) is 16.1 Å². The molecule has 0 radical (unpaired) electrons. The van der Waals surface area contributed by atoms with Crippen LogP contribution in [0.2, 0.25) is 0 Å². The van der Waals surface area contributed by atoms with E-state index < -0.39 is 12.2 Å². The zero-order valence-electron chi connectivity index (χ0n) is 10.9. The van der Waals surface area contributed by atoms with Crippen LogP contribution in [0.15, 0.2) is 28.7 Å². The van der Waals surface area contributed by atoms with Gasteiger partial charge in [0.05, 0.1) is 0 Å². The molecule has 4 nitrogen and oxygen atoms in total. The van der Waals surface area contributed by atoms with E-state index in [0.717, 1.165) is 0 Å². The van der Waals surface area contributed by atoms with Gasteiger partial charge in [0.15, 0.2) is 0 Å². The Hall–Kier alpha value is -1.81. The third kappa shape index (κ3) is 2.10. The first-order valence-electron chi connectivity index (χ1n) is 6.42. The van der Waals surface area contributed by atoms with Gasteiger partial charge in [-0.05, 0) is 37.8 Å².